The molecule has 0 atom stereocenters. The van der Waals surface area contributed by atoms with Crippen LogP contribution >= 0.6 is 15.9 Å². The van der Waals surface area contributed by atoms with Gasteiger partial charge in [0.2, 0.25) is 10.0 Å². The second-order valence-electron chi connectivity index (χ2n) is 6.12. The van der Waals surface area contributed by atoms with Gasteiger partial charge in [-0.25, -0.2) is 8.42 Å². The summed E-state index contributed by atoms with van der Waals surface area (Å²) in [7, 11) is -3.44. The SMILES string of the molecule is O=S(=O)(c1ccc(Br)cc1)N1CCC(c2nnc3ccccn23)CC1. The number of pyridine rings is 1. The first kappa shape index (κ1) is 16.7. The van der Waals surface area contributed by atoms with Gasteiger partial charge < -0.3 is 0 Å². The number of benzene rings is 1. The molecule has 25 heavy (non-hydrogen) atoms. The Morgan fingerprint density at radius 3 is 2.44 bits per heavy atom. The number of piperidine rings is 1. The number of sulfonamides is 1. The van der Waals surface area contributed by atoms with Crippen LogP contribution in [0.4, 0.5) is 0 Å². The second-order valence-corrected chi connectivity index (χ2v) is 8.97. The summed E-state index contributed by atoms with van der Waals surface area (Å²) >= 11 is 3.33. The van der Waals surface area contributed by atoms with Crippen LogP contribution < -0.4 is 0 Å². The number of fused-ring (bicyclic) bond motifs is 1. The fourth-order valence-corrected chi connectivity index (χ4v) is 4.98. The third-order valence-corrected chi connectivity index (χ3v) is 7.05. The summed E-state index contributed by atoms with van der Waals surface area (Å²) in [5, 5.41) is 8.51. The van der Waals surface area contributed by atoms with E-state index in [0.717, 1.165) is 28.8 Å². The van der Waals surface area contributed by atoms with Crippen molar-refractivity contribution in [2.75, 3.05) is 13.1 Å². The zero-order chi connectivity index (χ0) is 17.4. The van der Waals surface area contributed by atoms with Crippen molar-refractivity contribution in [3.63, 3.8) is 0 Å². The van der Waals surface area contributed by atoms with Crippen LogP contribution in [0.5, 0.6) is 0 Å². The summed E-state index contributed by atoms with van der Waals surface area (Å²) in [6.07, 6.45) is 3.44. The lowest BCUT2D eigenvalue weighted by molar-refractivity contribution is 0.312. The van der Waals surface area contributed by atoms with Crippen molar-refractivity contribution in [2.24, 2.45) is 0 Å². The molecule has 0 N–H and O–H groups in total. The van der Waals surface area contributed by atoms with E-state index >= 15 is 0 Å². The topological polar surface area (TPSA) is 67.6 Å². The monoisotopic (exact) mass is 420 g/mol. The Hall–Kier alpha value is -1.77. The smallest absolute Gasteiger partial charge is 0.243 e. The molecule has 0 bridgehead atoms. The lowest BCUT2D eigenvalue weighted by atomic mass is 9.97. The number of hydrogen-bond acceptors (Lipinski definition) is 4. The predicted molar refractivity (Wildman–Crippen MR) is 97.9 cm³/mol. The minimum absolute atomic E-state index is 0.216. The molecular weight excluding hydrogens is 404 g/mol. The summed E-state index contributed by atoms with van der Waals surface area (Å²) in [4.78, 5) is 0.335. The van der Waals surface area contributed by atoms with Gasteiger partial charge in [0.05, 0.1) is 4.90 Å². The Labute approximate surface area is 154 Å². The molecule has 3 heterocycles. The average molecular weight is 421 g/mol. The lowest BCUT2D eigenvalue weighted by Gasteiger charge is -2.30. The second kappa shape index (κ2) is 6.51. The fraction of sp³-hybridized carbons (Fsp3) is 0.294. The maximum Gasteiger partial charge on any atom is 0.243 e. The van der Waals surface area contributed by atoms with Gasteiger partial charge >= 0.3 is 0 Å². The minimum atomic E-state index is -3.44. The fourth-order valence-electron chi connectivity index (χ4n) is 3.25. The summed E-state index contributed by atoms with van der Waals surface area (Å²) in [6.45, 7) is 0.982. The van der Waals surface area contributed by atoms with Gasteiger partial charge in [0.1, 0.15) is 5.82 Å². The van der Waals surface area contributed by atoms with E-state index in [2.05, 4.69) is 26.1 Å². The highest BCUT2D eigenvalue weighted by Crippen LogP contribution is 2.30. The van der Waals surface area contributed by atoms with Crippen molar-refractivity contribution < 1.29 is 8.42 Å². The van der Waals surface area contributed by atoms with E-state index in [4.69, 9.17) is 0 Å². The highest BCUT2D eigenvalue weighted by Gasteiger charge is 2.31. The predicted octanol–water partition coefficient (Wildman–Crippen LogP) is 3.06. The Bertz CT molecular complexity index is 993. The molecule has 0 unspecified atom stereocenters. The molecule has 0 saturated carbocycles. The number of hydrogen-bond donors (Lipinski definition) is 0. The Balaban J connectivity index is 1.52. The molecule has 1 aromatic carbocycles. The van der Waals surface area contributed by atoms with Crippen molar-refractivity contribution in [3.05, 3.63) is 59.0 Å². The van der Waals surface area contributed by atoms with Crippen LogP contribution in [0.15, 0.2) is 58.0 Å². The number of halogens is 1. The molecule has 0 aliphatic carbocycles. The van der Waals surface area contributed by atoms with E-state index in [1.54, 1.807) is 28.6 Å². The van der Waals surface area contributed by atoms with Crippen LogP contribution in [0, 0.1) is 0 Å². The van der Waals surface area contributed by atoms with Gasteiger partial charge in [-0.1, -0.05) is 22.0 Å². The molecule has 0 spiro atoms. The van der Waals surface area contributed by atoms with E-state index < -0.39 is 10.0 Å². The van der Waals surface area contributed by atoms with Gasteiger partial charge in [-0.05, 0) is 49.2 Å². The molecule has 1 fully saturated rings. The summed E-state index contributed by atoms with van der Waals surface area (Å²) in [5.74, 6) is 1.13. The zero-order valence-corrected chi connectivity index (χ0v) is 15.8. The van der Waals surface area contributed by atoms with Gasteiger partial charge in [0.25, 0.3) is 0 Å². The molecular formula is C17H17BrN4O2S. The number of aromatic nitrogens is 3. The van der Waals surface area contributed by atoms with Crippen molar-refractivity contribution in [3.8, 4) is 0 Å². The Kier molecular flexibility index (Phi) is 4.35. The Morgan fingerprint density at radius 2 is 1.72 bits per heavy atom. The lowest BCUT2D eigenvalue weighted by Crippen LogP contribution is -2.38. The number of nitrogens with zero attached hydrogens (tertiary/aromatic N) is 4. The summed E-state index contributed by atoms with van der Waals surface area (Å²) in [5.41, 5.74) is 0.822. The average Bonchev–Trinajstić information content (AvgIpc) is 3.06. The van der Waals surface area contributed by atoms with Gasteiger partial charge in [0, 0.05) is 29.7 Å². The standard InChI is InChI=1S/C17H17BrN4O2S/c18-14-4-6-15(7-5-14)25(23,24)21-11-8-13(9-12-21)17-20-19-16-3-1-2-10-22(16)17/h1-7,10,13H,8-9,11-12H2. The quantitative estimate of drug-likeness (QED) is 0.652. The third kappa shape index (κ3) is 3.09. The molecule has 8 heteroatoms. The first-order valence-electron chi connectivity index (χ1n) is 8.11. The van der Waals surface area contributed by atoms with E-state index in [0.29, 0.717) is 18.0 Å². The molecule has 2 aromatic heterocycles. The molecule has 1 saturated heterocycles. The maximum absolute atomic E-state index is 12.8. The molecule has 130 valence electrons. The van der Waals surface area contributed by atoms with Gasteiger partial charge in [-0.2, -0.15) is 4.31 Å². The first-order valence-corrected chi connectivity index (χ1v) is 10.3. The zero-order valence-electron chi connectivity index (χ0n) is 13.4. The van der Waals surface area contributed by atoms with E-state index in [-0.39, 0.29) is 5.92 Å². The van der Waals surface area contributed by atoms with E-state index in [1.807, 2.05) is 28.8 Å². The van der Waals surface area contributed by atoms with Crippen LogP contribution in [0.3, 0.4) is 0 Å². The largest absolute Gasteiger partial charge is 0.286 e. The van der Waals surface area contributed by atoms with Crippen LogP contribution in [-0.4, -0.2) is 40.4 Å². The van der Waals surface area contributed by atoms with E-state index in [9.17, 15) is 8.42 Å². The normalized spacial score (nSPS) is 17.2. The highest BCUT2D eigenvalue weighted by molar-refractivity contribution is 9.10. The van der Waals surface area contributed by atoms with Crippen LogP contribution in [0.2, 0.25) is 0 Å². The van der Waals surface area contributed by atoms with Gasteiger partial charge in [-0.3, -0.25) is 4.40 Å². The molecule has 1 aliphatic rings. The van der Waals surface area contributed by atoms with Gasteiger partial charge in [0.15, 0.2) is 5.65 Å². The van der Waals surface area contributed by atoms with E-state index in [1.165, 1.54) is 0 Å². The molecule has 1 aliphatic heterocycles. The Morgan fingerprint density at radius 1 is 1.00 bits per heavy atom. The van der Waals surface area contributed by atoms with Crippen LogP contribution in [-0.2, 0) is 10.0 Å². The van der Waals surface area contributed by atoms with Crippen molar-refractivity contribution >= 4 is 31.6 Å². The molecule has 0 radical (unpaired) electrons. The van der Waals surface area contributed by atoms with Crippen molar-refractivity contribution in [1.29, 1.82) is 0 Å². The molecule has 6 nitrogen and oxygen atoms in total. The van der Waals surface area contributed by atoms with Crippen molar-refractivity contribution in [2.45, 2.75) is 23.7 Å². The molecule has 0 amide bonds. The van der Waals surface area contributed by atoms with Crippen LogP contribution in [0.1, 0.15) is 24.6 Å². The van der Waals surface area contributed by atoms with Gasteiger partial charge in [-0.15, -0.1) is 10.2 Å². The summed E-state index contributed by atoms with van der Waals surface area (Å²) < 4.78 is 30.0. The minimum Gasteiger partial charge on any atom is -0.286 e. The maximum atomic E-state index is 12.8. The number of rotatable bonds is 3. The third-order valence-electron chi connectivity index (χ3n) is 4.61. The first-order chi connectivity index (χ1) is 12.1. The summed E-state index contributed by atoms with van der Waals surface area (Å²) in [6, 6.07) is 12.6. The molecule has 3 aromatic rings. The van der Waals surface area contributed by atoms with Crippen LogP contribution in [0.25, 0.3) is 5.65 Å². The molecule has 4 rings (SSSR count). The highest BCUT2D eigenvalue weighted by atomic mass is 79.9. The van der Waals surface area contributed by atoms with Crippen molar-refractivity contribution in [1.82, 2.24) is 18.9 Å².